The van der Waals surface area contributed by atoms with Crippen LogP contribution in [0.5, 0.6) is 0 Å². The van der Waals surface area contributed by atoms with Crippen molar-refractivity contribution in [2.45, 2.75) is 123 Å². The maximum Gasteiger partial charge on any atom is 0.391 e. The number of fused-ring (bicyclic) bond motifs is 5. The fraction of sp³-hybridized carbons (Fsp3) is 1.00. The molecule has 4 aliphatic rings. The van der Waals surface area contributed by atoms with Gasteiger partial charge in [0.15, 0.2) is 0 Å². The largest absolute Gasteiger partial charge is 0.391 e. The quantitative estimate of drug-likeness (QED) is 0.455. The number of alkyl halides is 3. The Morgan fingerprint density at radius 3 is 2.32 bits per heavy atom. The Hall–Kier alpha value is -0.250. The van der Waals surface area contributed by atoms with Gasteiger partial charge in [-0.05, 0) is 117 Å². The summed E-state index contributed by atoms with van der Waals surface area (Å²) in [6.07, 6.45) is 9.58. The lowest BCUT2D eigenvalue weighted by Crippen LogP contribution is -2.55. The van der Waals surface area contributed by atoms with Crippen LogP contribution in [0.15, 0.2) is 0 Å². The van der Waals surface area contributed by atoms with E-state index in [1.54, 1.807) is 0 Å². The van der Waals surface area contributed by atoms with Crippen LogP contribution in [0.3, 0.4) is 0 Å². The smallest absolute Gasteiger partial charge is 0.390 e. The zero-order valence-electron chi connectivity index (χ0n) is 20.2. The van der Waals surface area contributed by atoms with Gasteiger partial charge in [0.1, 0.15) is 0 Å². The molecule has 0 aromatic rings. The minimum atomic E-state index is -4.04. The van der Waals surface area contributed by atoms with Crippen molar-refractivity contribution in [3.05, 3.63) is 0 Å². The van der Waals surface area contributed by atoms with E-state index in [0.29, 0.717) is 22.7 Å². The van der Waals surface area contributed by atoms with Crippen LogP contribution in [0, 0.1) is 46.3 Å². The summed E-state index contributed by atoms with van der Waals surface area (Å²) < 4.78 is 38.7. The first-order valence-corrected chi connectivity index (χ1v) is 13.2. The molecule has 7 unspecified atom stereocenters. The van der Waals surface area contributed by atoms with Crippen molar-refractivity contribution >= 4 is 0 Å². The molecule has 31 heavy (non-hydrogen) atoms. The molecule has 4 saturated carbocycles. The van der Waals surface area contributed by atoms with Crippen molar-refractivity contribution in [2.24, 2.45) is 46.3 Å². The van der Waals surface area contributed by atoms with Crippen LogP contribution in [0.2, 0.25) is 0 Å². The predicted octanol–water partition coefficient (Wildman–Crippen LogP) is 8.16. The zero-order chi connectivity index (χ0) is 22.7. The van der Waals surface area contributed by atoms with E-state index in [0.717, 1.165) is 49.9 Å². The molecule has 0 radical (unpaired) electrons. The average molecular weight is 443 g/mol. The number of hydrogen-bond acceptors (Lipinski definition) is 1. The van der Waals surface area contributed by atoms with Crippen molar-refractivity contribution in [3.8, 4) is 0 Å². The molecule has 0 aromatic carbocycles. The average Bonchev–Trinajstić information content (AvgIpc) is 3.04. The maximum atomic E-state index is 12.9. The van der Waals surface area contributed by atoms with Crippen LogP contribution >= 0.6 is 0 Å². The molecule has 1 nitrogen and oxygen atoms in total. The second kappa shape index (κ2) is 8.20. The number of aliphatic hydroxyl groups is 1. The first-order valence-electron chi connectivity index (χ1n) is 13.2. The Kier molecular flexibility index (Phi) is 6.32. The molecule has 4 aliphatic carbocycles. The lowest BCUT2D eigenvalue weighted by molar-refractivity contribution is -0.171. The molecular formula is C27H45F3O. The first kappa shape index (κ1) is 23.9. The van der Waals surface area contributed by atoms with Gasteiger partial charge in [-0.1, -0.05) is 34.1 Å². The molecule has 0 saturated heterocycles. The van der Waals surface area contributed by atoms with Gasteiger partial charge in [-0.25, -0.2) is 0 Å². The summed E-state index contributed by atoms with van der Waals surface area (Å²) in [4.78, 5) is 0. The normalized spacial score (nSPS) is 48.6. The second-order valence-corrected chi connectivity index (χ2v) is 12.6. The Morgan fingerprint density at radius 2 is 1.65 bits per heavy atom. The highest BCUT2D eigenvalue weighted by molar-refractivity contribution is 5.10. The van der Waals surface area contributed by atoms with Crippen LogP contribution in [0.1, 0.15) is 111 Å². The third-order valence-corrected chi connectivity index (χ3v) is 11.4. The van der Waals surface area contributed by atoms with E-state index in [4.69, 9.17) is 0 Å². The Morgan fingerprint density at radius 1 is 0.935 bits per heavy atom. The SMILES string of the molecule is CC[C@]1(O)CCC2(C)C3CCC4(C)C(CCCC(C)C(F)(F)F)CCC4C3CC[C@H]2C1. The van der Waals surface area contributed by atoms with Crippen LogP contribution in [0.4, 0.5) is 13.2 Å². The molecule has 0 spiro atoms. The van der Waals surface area contributed by atoms with E-state index >= 15 is 0 Å². The van der Waals surface area contributed by atoms with Crippen LogP contribution in [-0.4, -0.2) is 16.9 Å². The van der Waals surface area contributed by atoms with Gasteiger partial charge in [0.05, 0.1) is 11.5 Å². The minimum absolute atomic E-state index is 0.285. The third-order valence-electron chi connectivity index (χ3n) is 11.4. The van der Waals surface area contributed by atoms with Crippen LogP contribution in [0.25, 0.3) is 0 Å². The third kappa shape index (κ3) is 4.10. The Balaban J connectivity index is 1.41. The highest BCUT2D eigenvalue weighted by Gasteiger charge is 2.60. The van der Waals surface area contributed by atoms with Gasteiger partial charge in [0, 0.05) is 0 Å². The molecule has 180 valence electrons. The van der Waals surface area contributed by atoms with E-state index in [-0.39, 0.29) is 6.42 Å². The maximum absolute atomic E-state index is 12.9. The van der Waals surface area contributed by atoms with Gasteiger partial charge in [-0.2, -0.15) is 13.2 Å². The first-order chi connectivity index (χ1) is 14.4. The Labute approximate surface area is 187 Å². The van der Waals surface area contributed by atoms with Crippen molar-refractivity contribution < 1.29 is 18.3 Å². The molecular weight excluding hydrogens is 397 g/mol. The monoisotopic (exact) mass is 442 g/mol. The molecule has 4 fully saturated rings. The van der Waals surface area contributed by atoms with Crippen molar-refractivity contribution in [1.29, 1.82) is 0 Å². The van der Waals surface area contributed by atoms with Gasteiger partial charge in [-0.3, -0.25) is 0 Å². The molecule has 0 aliphatic heterocycles. The zero-order valence-corrected chi connectivity index (χ0v) is 20.2. The number of halogens is 3. The molecule has 1 N–H and O–H groups in total. The molecule has 4 rings (SSSR count). The van der Waals surface area contributed by atoms with Crippen molar-refractivity contribution in [2.75, 3.05) is 0 Å². The van der Waals surface area contributed by atoms with Gasteiger partial charge >= 0.3 is 6.18 Å². The molecule has 0 bridgehead atoms. The van der Waals surface area contributed by atoms with Crippen LogP contribution in [-0.2, 0) is 0 Å². The topological polar surface area (TPSA) is 20.2 Å². The molecule has 0 aromatic heterocycles. The summed E-state index contributed by atoms with van der Waals surface area (Å²) in [7, 11) is 0. The van der Waals surface area contributed by atoms with Gasteiger partial charge < -0.3 is 5.11 Å². The fourth-order valence-electron chi connectivity index (χ4n) is 9.06. The Bertz CT molecular complexity index is 647. The highest BCUT2D eigenvalue weighted by Crippen LogP contribution is 2.68. The molecule has 4 heteroatoms. The molecule has 0 heterocycles. The molecule has 9 atom stereocenters. The molecule has 0 amide bonds. The van der Waals surface area contributed by atoms with Gasteiger partial charge in [0.25, 0.3) is 0 Å². The standard InChI is InChI=1S/C27H45F3O/c1-5-26(31)16-15-25(4)20(17-26)9-11-21-22-12-10-19(24(22,3)14-13-23(21)25)8-6-7-18(2)27(28,29)30/h18-23,31H,5-17H2,1-4H3/t18?,19?,20-,21?,22?,23?,24?,25?,26-/m0/s1. The fourth-order valence-corrected chi connectivity index (χ4v) is 9.06. The summed E-state index contributed by atoms with van der Waals surface area (Å²) in [6.45, 7) is 8.50. The van der Waals surface area contributed by atoms with Gasteiger partial charge in [-0.15, -0.1) is 0 Å². The van der Waals surface area contributed by atoms with E-state index in [2.05, 4.69) is 20.8 Å². The van der Waals surface area contributed by atoms with E-state index in [9.17, 15) is 18.3 Å². The van der Waals surface area contributed by atoms with Gasteiger partial charge in [0.2, 0.25) is 0 Å². The summed E-state index contributed by atoms with van der Waals surface area (Å²) >= 11 is 0. The summed E-state index contributed by atoms with van der Waals surface area (Å²) in [5.41, 5.74) is 0.280. The summed E-state index contributed by atoms with van der Waals surface area (Å²) in [6, 6.07) is 0. The second-order valence-electron chi connectivity index (χ2n) is 12.6. The van der Waals surface area contributed by atoms with E-state index < -0.39 is 17.7 Å². The van der Waals surface area contributed by atoms with Crippen LogP contribution < -0.4 is 0 Å². The van der Waals surface area contributed by atoms with Crippen molar-refractivity contribution in [1.82, 2.24) is 0 Å². The summed E-state index contributed by atoms with van der Waals surface area (Å²) in [5, 5.41) is 11.0. The van der Waals surface area contributed by atoms with Crippen molar-refractivity contribution in [3.63, 3.8) is 0 Å². The van der Waals surface area contributed by atoms with E-state index in [1.165, 1.54) is 51.9 Å². The minimum Gasteiger partial charge on any atom is -0.390 e. The summed E-state index contributed by atoms with van der Waals surface area (Å²) in [5.74, 6) is 2.46. The number of rotatable bonds is 5. The lowest BCUT2D eigenvalue weighted by Gasteiger charge is -2.62. The lowest BCUT2D eigenvalue weighted by atomic mass is 9.43. The number of hydrogen-bond donors (Lipinski definition) is 1. The van der Waals surface area contributed by atoms with E-state index in [1.807, 2.05) is 0 Å². The predicted molar refractivity (Wildman–Crippen MR) is 120 cm³/mol. The highest BCUT2D eigenvalue weighted by atomic mass is 19.4.